The number of nitrogens with zero attached hydrogens (tertiary/aromatic N) is 4. The van der Waals surface area contributed by atoms with Gasteiger partial charge in [-0.2, -0.15) is 5.10 Å². The Morgan fingerprint density at radius 1 is 1.41 bits per heavy atom. The molecule has 0 saturated carbocycles. The van der Waals surface area contributed by atoms with Gasteiger partial charge in [-0.25, -0.2) is 13.1 Å². The summed E-state index contributed by atoms with van der Waals surface area (Å²) in [6.07, 6.45) is 1.20. The maximum absolute atomic E-state index is 11.1. The second-order valence-electron chi connectivity index (χ2n) is 5.22. The van der Waals surface area contributed by atoms with Crippen molar-refractivity contribution < 1.29 is 13.3 Å². The maximum Gasteiger partial charge on any atom is 0.333 e. The zero-order valence-corrected chi connectivity index (χ0v) is 14.2. The van der Waals surface area contributed by atoms with Gasteiger partial charge in [0.2, 0.25) is 5.82 Å². The van der Waals surface area contributed by atoms with Crippen LogP contribution in [-0.4, -0.2) is 66.7 Å². The van der Waals surface area contributed by atoms with Crippen LogP contribution in [-0.2, 0) is 16.4 Å². The molecule has 22 heavy (non-hydrogen) atoms. The van der Waals surface area contributed by atoms with Crippen LogP contribution >= 0.6 is 0 Å². The van der Waals surface area contributed by atoms with Crippen LogP contribution in [0.25, 0.3) is 0 Å². The monoisotopic (exact) mass is 333 g/mol. The Kier molecular flexibility index (Phi) is 6.30. The van der Waals surface area contributed by atoms with E-state index >= 15 is 0 Å². The van der Waals surface area contributed by atoms with E-state index in [4.69, 9.17) is 0 Å². The third-order valence-corrected chi connectivity index (χ3v) is 4.13. The first-order chi connectivity index (χ1) is 10.2. The molecule has 9 nitrogen and oxygen atoms in total. The van der Waals surface area contributed by atoms with Gasteiger partial charge in [0.1, 0.15) is 15.5 Å². The van der Waals surface area contributed by atoms with Crippen LogP contribution in [0.1, 0.15) is 12.6 Å². The molecule has 0 atom stereocenters. The SMILES string of the molecule is CCn1nc(C)c([N+](=O)[O-])c1NCCN(C)CCS(C)(=O)=O. The van der Waals surface area contributed by atoms with Crippen molar-refractivity contribution in [3.8, 4) is 0 Å². The molecule has 126 valence electrons. The van der Waals surface area contributed by atoms with Crippen LogP contribution < -0.4 is 5.32 Å². The first kappa shape index (κ1) is 18.4. The van der Waals surface area contributed by atoms with Crippen molar-refractivity contribution in [2.45, 2.75) is 20.4 Å². The molecule has 0 radical (unpaired) electrons. The molecule has 0 bridgehead atoms. The first-order valence-electron chi connectivity index (χ1n) is 6.97. The lowest BCUT2D eigenvalue weighted by atomic mass is 10.4. The highest BCUT2D eigenvalue weighted by Gasteiger charge is 2.24. The zero-order chi connectivity index (χ0) is 16.9. The minimum atomic E-state index is -2.99. The highest BCUT2D eigenvalue weighted by Crippen LogP contribution is 2.27. The fourth-order valence-corrected chi connectivity index (χ4v) is 2.64. The van der Waals surface area contributed by atoms with Crippen molar-refractivity contribution in [1.82, 2.24) is 14.7 Å². The largest absolute Gasteiger partial charge is 0.363 e. The van der Waals surface area contributed by atoms with Crippen LogP contribution in [0.3, 0.4) is 0 Å². The molecule has 1 aromatic rings. The van der Waals surface area contributed by atoms with Crippen LogP contribution in [0, 0.1) is 17.0 Å². The lowest BCUT2D eigenvalue weighted by Crippen LogP contribution is -2.30. The molecule has 0 saturated heterocycles. The number of sulfone groups is 1. The van der Waals surface area contributed by atoms with Gasteiger partial charge in [-0.3, -0.25) is 10.1 Å². The highest BCUT2D eigenvalue weighted by molar-refractivity contribution is 7.90. The van der Waals surface area contributed by atoms with Gasteiger partial charge in [0.05, 0.1) is 10.7 Å². The van der Waals surface area contributed by atoms with Crippen molar-refractivity contribution >= 4 is 21.3 Å². The smallest absolute Gasteiger partial charge is 0.333 e. The van der Waals surface area contributed by atoms with Gasteiger partial charge in [0.15, 0.2) is 0 Å². The Balaban J connectivity index is 2.63. The molecule has 0 unspecified atom stereocenters. The standard InChI is InChI=1S/C12H23N5O4S/c1-5-16-12(11(17(18)19)10(2)14-16)13-6-7-15(3)8-9-22(4,20)21/h13H,5-9H2,1-4H3. The molecule has 0 aliphatic rings. The third-order valence-electron chi connectivity index (χ3n) is 3.21. The Hall–Kier alpha value is -1.68. The van der Waals surface area contributed by atoms with Crippen LogP contribution in [0.2, 0.25) is 0 Å². The van der Waals surface area contributed by atoms with Gasteiger partial charge in [0.25, 0.3) is 0 Å². The number of aryl methyl sites for hydroxylation is 2. The summed E-state index contributed by atoms with van der Waals surface area (Å²) in [5, 5.41) is 18.3. The molecule has 1 N–H and O–H groups in total. The molecular weight excluding hydrogens is 310 g/mol. The van der Waals surface area contributed by atoms with Crippen molar-refractivity contribution in [1.29, 1.82) is 0 Å². The molecular formula is C12H23N5O4S. The summed E-state index contributed by atoms with van der Waals surface area (Å²) in [6, 6.07) is 0. The average Bonchev–Trinajstić information content (AvgIpc) is 2.72. The summed E-state index contributed by atoms with van der Waals surface area (Å²) < 4.78 is 23.8. The minimum absolute atomic E-state index is 0.0133. The van der Waals surface area contributed by atoms with E-state index in [9.17, 15) is 18.5 Å². The van der Waals surface area contributed by atoms with Crippen LogP contribution in [0.15, 0.2) is 0 Å². The van der Waals surface area contributed by atoms with Crippen molar-refractivity contribution in [2.24, 2.45) is 0 Å². The normalized spacial score (nSPS) is 11.9. The average molecular weight is 333 g/mol. The Morgan fingerprint density at radius 2 is 2.05 bits per heavy atom. The number of anilines is 1. The number of rotatable bonds is 9. The van der Waals surface area contributed by atoms with Crippen molar-refractivity contribution in [2.75, 3.05) is 44.0 Å². The van der Waals surface area contributed by atoms with Gasteiger partial charge < -0.3 is 10.2 Å². The fraction of sp³-hybridized carbons (Fsp3) is 0.750. The van der Waals surface area contributed by atoms with E-state index in [0.29, 0.717) is 37.7 Å². The number of nitrogens with one attached hydrogen (secondary N) is 1. The number of nitro groups is 1. The predicted octanol–water partition coefficient (Wildman–Crippen LogP) is 0.508. The van der Waals surface area contributed by atoms with Crippen LogP contribution in [0.4, 0.5) is 11.5 Å². The third kappa shape index (κ3) is 5.26. The predicted molar refractivity (Wildman–Crippen MR) is 85.0 cm³/mol. The fourth-order valence-electron chi connectivity index (χ4n) is 1.99. The molecule has 0 spiro atoms. The lowest BCUT2D eigenvalue weighted by molar-refractivity contribution is -0.384. The summed E-state index contributed by atoms with van der Waals surface area (Å²) in [5.74, 6) is 0.483. The number of hydrogen-bond acceptors (Lipinski definition) is 7. The summed E-state index contributed by atoms with van der Waals surface area (Å²) >= 11 is 0. The van der Waals surface area contributed by atoms with E-state index in [1.54, 1.807) is 11.6 Å². The second-order valence-corrected chi connectivity index (χ2v) is 7.48. The molecule has 0 aliphatic carbocycles. The summed E-state index contributed by atoms with van der Waals surface area (Å²) in [5.41, 5.74) is 0.361. The summed E-state index contributed by atoms with van der Waals surface area (Å²) in [6.45, 7) is 5.45. The maximum atomic E-state index is 11.1. The molecule has 10 heteroatoms. The number of hydrogen-bond donors (Lipinski definition) is 1. The Morgan fingerprint density at radius 3 is 2.55 bits per heavy atom. The Labute approximate surface area is 130 Å². The van der Waals surface area contributed by atoms with Crippen molar-refractivity contribution in [3.63, 3.8) is 0 Å². The minimum Gasteiger partial charge on any atom is -0.363 e. The second kappa shape index (κ2) is 7.54. The molecule has 0 aromatic carbocycles. The van der Waals surface area contributed by atoms with E-state index in [1.165, 1.54) is 6.26 Å². The molecule has 0 aliphatic heterocycles. The van der Waals surface area contributed by atoms with E-state index in [1.807, 2.05) is 18.9 Å². The van der Waals surface area contributed by atoms with Gasteiger partial charge in [-0.1, -0.05) is 0 Å². The molecule has 0 amide bonds. The van der Waals surface area contributed by atoms with E-state index in [-0.39, 0.29) is 11.4 Å². The van der Waals surface area contributed by atoms with Crippen LogP contribution in [0.5, 0.6) is 0 Å². The van der Waals surface area contributed by atoms with Gasteiger partial charge in [-0.05, 0) is 20.9 Å². The van der Waals surface area contributed by atoms with Gasteiger partial charge in [0, 0.05) is 32.4 Å². The van der Waals surface area contributed by atoms with Gasteiger partial charge in [-0.15, -0.1) is 0 Å². The zero-order valence-electron chi connectivity index (χ0n) is 13.4. The Bertz CT molecular complexity index is 626. The summed E-state index contributed by atoms with van der Waals surface area (Å²) in [4.78, 5) is 12.5. The molecule has 1 rings (SSSR count). The van der Waals surface area contributed by atoms with E-state index < -0.39 is 14.8 Å². The molecule has 1 heterocycles. The van der Waals surface area contributed by atoms with E-state index in [0.717, 1.165) is 0 Å². The molecule has 1 aromatic heterocycles. The van der Waals surface area contributed by atoms with Gasteiger partial charge >= 0.3 is 5.69 Å². The van der Waals surface area contributed by atoms with Crippen molar-refractivity contribution in [3.05, 3.63) is 15.8 Å². The first-order valence-corrected chi connectivity index (χ1v) is 9.03. The van der Waals surface area contributed by atoms with E-state index in [2.05, 4.69) is 10.4 Å². The molecule has 0 fully saturated rings. The number of aromatic nitrogens is 2. The lowest BCUT2D eigenvalue weighted by Gasteiger charge is -2.16. The quantitative estimate of drug-likeness (QED) is 0.518. The topological polar surface area (TPSA) is 110 Å². The highest BCUT2D eigenvalue weighted by atomic mass is 32.2. The number of likely N-dealkylation sites (N-methyl/N-ethyl adjacent to an activating group) is 1. The summed E-state index contributed by atoms with van der Waals surface area (Å²) in [7, 11) is -1.18.